The van der Waals surface area contributed by atoms with Crippen molar-refractivity contribution >= 4 is 0 Å². The van der Waals surface area contributed by atoms with Gasteiger partial charge in [-0.3, -0.25) is 0 Å². The molecule has 3 heteroatoms. The van der Waals surface area contributed by atoms with Gasteiger partial charge in [0.15, 0.2) is 11.5 Å². The van der Waals surface area contributed by atoms with E-state index in [2.05, 4.69) is 0 Å². The highest BCUT2D eigenvalue weighted by Gasteiger charge is 2.14. The summed E-state index contributed by atoms with van der Waals surface area (Å²) in [6.07, 6.45) is 0. The Morgan fingerprint density at radius 2 is 1.92 bits per heavy atom. The third-order valence-electron chi connectivity index (χ3n) is 2.01. The van der Waals surface area contributed by atoms with Crippen LogP contribution in [0.1, 0.15) is 5.56 Å². The van der Waals surface area contributed by atoms with E-state index in [1.807, 2.05) is 25.1 Å². The normalized spacial score (nSPS) is 20.9. The van der Waals surface area contributed by atoms with E-state index >= 15 is 0 Å². The Morgan fingerprint density at radius 1 is 1.23 bits per heavy atom. The average Bonchev–Trinajstić information content (AvgIpc) is 2.29. The van der Waals surface area contributed by atoms with Gasteiger partial charge in [0.05, 0.1) is 6.04 Å². The Kier molecular flexibility index (Phi) is 2.10. The Labute approximate surface area is 77.5 Å². The van der Waals surface area contributed by atoms with Crippen molar-refractivity contribution < 1.29 is 9.47 Å². The van der Waals surface area contributed by atoms with Crippen molar-refractivity contribution in [2.45, 2.75) is 13.0 Å². The summed E-state index contributed by atoms with van der Waals surface area (Å²) < 4.78 is 11.0. The lowest BCUT2D eigenvalue weighted by molar-refractivity contribution is 0.264. The highest BCUT2D eigenvalue weighted by Crippen LogP contribution is 2.29. The summed E-state index contributed by atoms with van der Waals surface area (Å²) in [4.78, 5) is 0. The molecule has 13 heavy (non-hydrogen) atoms. The Bertz CT molecular complexity index is 312. The fraction of sp³-hybridized carbons (Fsp3) is 0.400. The minimum Gasteiger partial charge on any atom is -0.488 e. The first-order valence-corrected chi connectivity index (χ1v) is 4.37. The molecule has 0 saturated heterocycles. The van der Waals surface area contributed by atoms with Crippen LogP contribution in [0.25, 0.3) is 0 Å². The molecule has 0 fully saturated rings. The fourth-order valence-corrected chi connectivity index (χ4v) is 1.29. The number of hydrogen-bond acceptors (Lipinski definition) is 3. The van der Waals surface area contributed by atoms with Crippen LogP contribution in [-0.4, -0.2) is 19.3 Å². The zero-order chi connectivity index (χ0) is 9.26. The quantitative estimate of drug-likeness (QED) is 0.648. The van der Waals surface area contributed by atoms with E-state index in [1.54, 1.807) is 0 Å². The molecular formula is C10H13NO2. The molecule has 0 aromatic heterocycles. The number of ether oxygens (including phenoxy) is 2. The molecule has 0 aliphatic carbocycles. The van der Waals surface area contributed by atoms with Gasteiger partial charge in [0, 0.05) is 0 Å². The molecular weight excluding hydrogens is 166 g/mol. The second-order valence-corrected chi connectivity index (χ2v) is 3.33. The van der Waals surface area contributed by atoms with Crippen molar-refractivity contribution in [2.24, 2.45) is 5.73 Å². The van der Waals surface area contributed by atoms with E-state index in [4.69, 9.17) is 15.2 Å². The first-order chi connectivity index (χ1) is 6.25. The summed E-state index contributed by atoms with van der Waals surface area (Å²) in [6, 6.07) is 5.85. The van der Waals surface area contributed by atoms with E-state index < -0.39 is 0 Å². The zero-order valence-corrected chi connectivity index (χ0v) is 7.62. The molecule has 1 aliphatic heterocycles. The Balaban J connectivity index is 2.30. The lowest BCUT2D eigenvalue weighted by atomic mass is 10.2. The van der Waals surface area contributed by atoms with Crippen LogP contribution >= 0.6 is 0 Å². The Morgan fingerprint density at radius 3 is 2.69 bits per heavy atom. The van der Waals surface area contributed by atoms with Crippen molar-refractivity contribution in [1.82, 2.24) is 0 Å². The molecule has 1 heterocycles. The SMILES string of the molecule is Cc1ccc2c(c1)OCC(N)CO2. The number of hydrogen-bond donors (Lipinski definition) is 1. The molecule has 1 aromatic rings. The largest absolute Gasteiger partial charge is 0.488 e. The molecule has 1 aromatic carbocycles. The number of benzene rings is 1. The zero-order valence-electron chi connectivity index (χ0n) is 7.62. The van der Waals surface area contributed by atoms with Crippen LogP contribution in [0, 0.1) is 6.92 Å². The van der Waals surface area contributed by atoms with Gasteiger partial charge in [-0.2, -0.15) is 0 Å². The summed E-state index contributed by atoms with van der Waals surface area (Å²) in [6.45, 7) is 3.07. The minimum atomic E-state index is -0.0345. The van der Waals surface area contributed by atoms with Crippen molar-refractivity contribution in [3.8, 4) is 11.5 Å². The third-order valence-corrected chi connectivity index (χ3v) is 2.01. The monoisotopic (exact) mass is 179 g/mol. The van der Waals surface area contributed by atoms with Crippen LogP contribution in [0.5, 0.6) is 11.5 Å². The van der Waals surface area contributed by atoms with Crippen LogP contribution in [0.3, 0.4) is 0 Å². The van der Waals surface area contributed by atoms with Gasteiger partial charge in [0.25, 0.3) is 0 Å². The molecule has 0 saturated carbocycles. The van der Waals surface area contributed by atoms with Crippen molar-refractivity contribution in [1.29, 1.82) is 0 Å². The smallest absolute Gasteiger partial charge is 0.161 e. The van der Waals surface area contributed by atoms with Gasteiger partial charge in [0.1, 0.15) is 13.2 Å². The summed E-state index contributed by atoms with van der Waals surface area (Å²) in [5.41, 5.74) is 6.87. The van der Waals surface area contributed by atoms with E-state index in [0.29, 0.717) is 13.2 Å². The van der Waals surface area contributed by atoms with E-state index in [0.717, 1.165) is 17.1 Å². The molecule has 1 aliphatic rings. The van der Waals surface area contributed by atoms with Crippen molar-refractivity contribution in [3.63, 3.8) is 0 Å². The lowest BCUT2D eigenvalue weighted by Crippen LogP contribution is -2.32. The predicted molar refractivity (Wildman–Crippen MR) is 50.1 cm³/mol. The highest BCUT2D eigenvalue weighted by atomic mass is 16.5. The van der Waals surface area contributed by atoms with Gasteiger partial charge in [-0.15, -0.1) is 0 Å². The highest BCUT2D eigenvalue weighted by molar-refractivity contribution is 5.43. The molecule has 0 bridgehead atoms. The number of fused-ring (bicyclic) bond motifs is 1. The number of rotatable bonds is 0. The molecule has 2 N–H and O–H groups in total. The van der Waals surface area contributed by atoms with E-state index in [1.165, 1.54) is 0 Å². The van der Waals surface area contributed by atoms with E-state index in [-0.39, 0.29) is 6.04 Å². The summed E-state index contributed by atoms with van der Waals surface area (Å²) >= 11 is 0. The van der Waals surface area contributed by atoms with Crippen LogP contribution in [-0.2, 0) is 0 Å². The standard InChI is InChI=1S/C10H13NO2/c1-7-2-3-9-10(4-7)13-6-8(11)5-12-9/h2-4,8H,5-6,11H2,1H3. The lowest BCUT2D eigenvalue weighted by Gasteiger charge is -2.06. The summed E-state index contributed by atoms with van der Waals surface area (Å²) in [7, 11) is 0. The summed E-state index contributed by atoms with van der Waals surface area (Å²) in [5, 5.41) is 0. The second-order valence-electron chi connectivity index (χ2n) is 3.33. The predicted octanol–water partition coefficient (Wildman–Crippen LogP) is 1.09. The molecule has 2 rings (SSSR count). The number of aryl methyl sites for hydroxylation is 1. The van der Waals surface area contributed by atoms with Gasteiger partial charge in [0.2, 0.25) is 0 Å². The first-order valence-electron chi connectivity index (χ1n) is 4.37. The van der Waals surface area contributed by atoms with Gasteiger partial charge in [-0.25, -0.2) is 0 Å². The third kappa shape index (κ3) is 1.75. The molecule has 0 spiro atoms. The maximum absolute atomic E-state index is 5.70. The van der Waals surface area contributed by atoms with Crippen molar-refractivity contribution in [3.05, 3.63) is 23.8 Å². The van der Waals surface area contributed by atoms with Crippen LogP contribution < -0.4 is 15.2 Å². The molecule has 0 amide bonds. The second kappa shape index (κ2) is 3.26. The maximum atomic E-state index is 5.70. The van der Waals surface area contributed by atoms with Crippen LogP contribution in [0.2, 0.25) is 0 Å². The maximum Gasteiger partial charge on any atom is 0.161 e. The fourth-order valence-electron chi connectivity index (χ4n) is 1.29. The molecule has 3 nitrogen and oxygen atoms in total. The van der Waals surface area contributed by atoms with Gasteiger partial charge < -0.3 is 15.2 Å². The minimum absolute atomic E-state index is 0.0345. The topological polar surface area (TPSA) is 44.5 Å². The van der Waals surface area contributed by atoms with Gasteiger partial charge >= 0.3 is 0 Å². The Hall–Kier alpha value is -1.22. The molecule has 1 unspecified atom stereocenters. The number of nitrogens with two attached hydrogens (primary N) is 1. The van der Waals surface area contributed by atoms with Crippen LogP contribution in [0.15, 0.2) is 18.2 Å². The summed E-state index contributed by atoms with van der Waals surface area (Å²) in [5.74, 6) is 1.59. The first kappa shape index (κ1) is 8.38. The van der Waals surface area contributed by atoms with Gasteiger partial charge in [-0.05, 0) is 24.6 Å². The van der Waals surface area contributed by atoms with Crippen molar-refractivity contribution in [2.75, 3.05) is 13.2 Å². The molecule has 1 atom stereocenters. The van der Waals surface area contributed by atoms with Gasteiger partial charge in [-0.1, -0.05) is 6.07 Å². The molecule has 0 radical (unpaired) electrons. The average molecular weight is 179 g/mol. The molecule has 70 valence electrons. The van der Waals surface area contributed by atoms with E-state index in [9.17, 15) is 0 Å². The van der Waals surface area contributed by atoms with Crippen LogP contribution in [0.4, 0.5) is 0 Å².